The maximum absolute atomic E-state index is 3.87. The van der Waals surface area contributed by atoms with E-state index in [1.165, 1.54) is 77.9 Å². The number of nitrogens with zero attached hydrogens (tertiary/aromatic N) is 2. The van der Waals surface area contributed by atoms with E-state index in [9.17, 15) is 0 Å². The van der Waals surface area contributed by atoms with Crippen LogP contribution < -0.4 is 5.32 Å². The van der Waals surface area contributed by atoms with Crippen LogP contribution >= 0.6 is 0 Å². The Kier molecular flexibility index (Phi) is 4.78. The molecule has 3 nitrogen and oxygen atoms in total. The Labute approximate surface area is 118 Å². The number of nitrogens with one attached hydrogen (secondary N) is 1. The summed E-state index contributed by atoms with van der Waals surface area (Å²) in [6, 6.07) is 0.784. The van der Waals surface area contributed by atoms with Crippen LogP contribution in [-0.2, 0) is 0 Å². The van der Waals surface area contributed by atoms with Crippen molar-refractivity contribution in [1.82, 2.24) is 15.1 Å². The molecule has 4 heterocycles. The zero-order valence-corrected chi connectivity index (χ0v) is 12.6. The summed E-state index contributed by atoms with van der Waals surface area (Å²) in [7, 11) is 0. The van der Waals surface area contributed by atoms with Crippen molar-refractivity contribution < 1.29 is 0 Å². The minimum atomic E-state index is 0.784. The van der Waals surface area contributed by atoms with E-state index in [2.05, 4.69) is 22.0 Å². The summed E-state index contributed by atoms with van der Waals surface area (Å²) in [5.74, 6) is 1.76. The van der Waals surface area contributed by atoms with Gasteiger partial charge in [-0.2, -0.15) is 0 Å². The SMILES string of the molecule is CC(CNC1CN2CCC1CC2)CN1CCCCC1. The van der Waals surface area contributed by atoms with Crippen LogP contribution in [0.15, 0.2) is 0 Å². The lowest BCUT2D eigenvalue weighted by atomic mass is 9.84. The van der Waals surface area contributed by atoms with Gasteiger partial charge in [0, 0.05) is 19.1 Å². The fraction of sp³-hybridized carbons (Fsp3) is 1.00. The van der Waals surface area contributed by atoms with Crippen LogP contribution in [0.5, 0.6) is 0 Å². The first-order valence-corrected chi connectivity index (χ1v) is 8.49. The van der Waals surface area contributed by atoms with Crippen LogP contribution in [0.1, 0.15) is 39.0 Å². The van der Waals surface area contributed by atoms with Gasteiger partial charge in [-0.15, -0.1) is 0 Å². The number of hydrogen-bond acceptors (Lipinski definition) is 3. The van der Waals surface area contributed by atoms with Crippen LogP contribution in [0.25, 0.3) is 0 Å². The lowest BCUT2D eigenvalue weighted by molar-refractivity contribution is 0.0697. The zero-order chi connectivity index (χ0) is 13.1. The highest BCUT2D eigenvalue weighted by atomic mass is 15.2. The average Bonchev–Trinajstić information content (AvgIpc) is 2.47. The van der Waals surface area contributed by atoms with Crippen LogP contribution in [0.2, 0.25) is 0 Å². The van der Waals surface area contributed by atoms with Crippen molar-refractivity contribution in [2.24, 2.45) is 11.8 Å². The number of rotatable bonds is 5. The molecule has 2 unspecified atom stereocenters. The highest BCUT2D eigenvalue weighted by Crippen LogP contribution is 2.27. The second kappa shape index (κ2) is 6.55. The fourth-order valence-electron chi connectivity index (χ4n) is 4.20. The van der Waals surface area contributed by atoms with E-state index in [0.29, 0.717) is 0 Å². The van der Waals surface area contributed by atoms with Gasteiger partial charge in [-0.05, 0) is 70.2 Å². The predicted octanol–water partition coefficient (Wildman–Crippen LogP) is 1.79. The molecule has 4 aliphatic rings. The highest BCUT2D eigenvalue weighted by molar-refractivity contribution is 4.91. The minimum absolute atomic E-state index is 0.784. The molecule has 0 aromatic heterocycles. The van der Waals surface area contributed by atoms with Gasteiger partial charge in [0.2, 0.25) is 0 Å². The van der Waals surface area contributed by atoms with Gasteiger partial charge in [0.15, 0.2) is 0 Å². The molecule has 4 aliphatic heterocycles. The average molecular weight is 265 g/mol. The molecular weight excluding hydrogens is 234 g/mol. The highest BCUT2D eigenvalue weighted by Gasteiger charge is 2.33. The minimum Gasteiger partial charge on any atom is -0.312 e. The molecule has 0 aliphatic carbocycles. The first-order chi connectivity index (χ1) is 9.31. The normalized spacial score (nSPS) is 37.4. The molecule has 2 bridgehead atoms. The third-order valence-electron chi connectivity index (χ3n) is 5.40. The molecular formula is C16H31N3. The van der Waals surface area contributed by atoms with Gasteiger partial charge in [-0.1, -0.05) is 13.3 Å². The van der Waals surface area contributed by atoms with Crippen LogP contribution in [-0.4, -0.2) is 61.7 Å². The molecule has 0 aromatic rings. The largest absolute Gasteiger partial charge is 0.312 e. The number of likely N-dealkylation sites (tertiary alicyclic amines) is 1. The standard InChI is InChI=1S/C16H31N3/c1-14(12-18-7-3-2-4-8-18)11-17-16-13-19-9-5-15(16)6-10-19/h14-17H,2-13H2,1H3. The van der Waals surface area contributed by atoms with Crippen LogP contribution in [0.3, 0.4) is 0 Å². The van der Waals surface area contributed by atoms with Gasteiger partial charge >= 0.3 is 0 Å². The molecule has 4 saturated heterocycles. The van der Waals surface area contributed by atoms with E-state index in [1.807, 2.05) is 0 Å². The van der Waals surface area contributed by atoms with Crippen LogP contribution in [0.4, 0.5) is 0 Å². The van der Waals surface area contributed by atoms with Crippen molar-refractivity contribution >= 4 is 0 Å². The van der Waals surface area contributed by atoms with Crippen LogP contribution in [0, 0.1) is 11.8 Å². The molecule has 0 saturated carbocycles. The van der Waals surface area contributed by atoms with E-state index in [-0.39, 0.29) is 0 Å². The van der Waals surface area contributed by atoms with Gasteiger partial charge in [-0.25, -0.2) is 0 Å². The Hall–Kier alpha value is -0.120. The molecule has 2 atom stereocenters. The van der Waals surface area contributed by atoms with E-state index in [0.717, 1.165) is 17.9 Å². The Morgan fingerprint density at radius 2 is 1.79 bits per heavy atom. The summed E-state index contributed by atoms with van der Waals surface area (Å²) in [6.07, 6.45) is 7.14. The molecule has 4 rings (SSSR count). The first kappa shape index (κ1) is 13.8. The Morgan fingerprint density at radius 1 is 1.05 bits per heavy atom. The van der Waals surface area contributed by atoms with E-state index < -0.39 is 0 Å². The molecule has 0 radical (unpaired) electrons. The summed E-state index contributed by atoms with van der Waals surface area (Å²) in [6.45, 7) is 11.6. The van der Waals surface area contributed by atoms with E-state index >= 15 is 0 Å². The second-order valence-electron chi connectivity index (χ2n) is 7.12. The number of fused-ring (bicyclic) bond motifs is 3. The molecule has 3 heteroatoms. The van der Waals surface area contributed by atoms with Crippen molar-refractivity contribution in [3.8, 4) is 0 Å². The van der Waals surface area contributed by atoms with Gasteiger partial charge in [0.05, 0.1) is 0 Å². The van der Waals surface area contributed by atoms with Crippen molar-refractivity contribution in [2.45, 2.75) is 45.1 Å². The zero-order valence-electron chi connectivity index (χ0n) is 12.6. The van der Waals surface area contributed by atoms with Gasteiger partial charge in [0.25, 0.3) is 0 Å². The lowest BCUT2D eigenvalue weighted by Gasteiger charge is -2.45. The third-order valence-corrected chi connectivity index (χ3v) is 5.40. The van der Waals surface area contributed by atoms with Crippen molar-refractivity contribution in [2.75, 3.05) is 45.8 Å². The number of piperidine rings is 4. The number of hydrogen-bond donors (Lipinski definition) is 1. The van der Waals surface area contributed by atoms with E-state index in [4.69, 9.17) is 0 Å². The topological polar surface area (TPSA) is 18.5 Å². The molecule has 0 amide bonds. The molecule has 110 valence electrons. The smallest absolute Gasteiger partial charge is 0.0224 e. The summed E-state index contributed by atoms with van der Waals surface area (Å²) in [4.78, 5) is 5.32. The van der Waals surface area contributed by atoms with Crippen molar-refractivity contribution in [3.63, 3.8) is 0 Å². The predicted molar refractivity (Wildman–Crippen MR) is 80.4 cm³/mol. The molecule has 19 heavy (non-hydrogen) atoms. The quantitative estimate of drug-likeness (QED) is 0.818. The van der Waals surface area contributed by atoms with Gasteiger partial charge < -0.3 is 15.1 Å². The summed E-state index contributed by atoms with van der Waals surface area (Å²) in [5, 5.41) is 3.87. The molecule has 0 spiro atoms. The lowest BCUT2D eigenvalue weighted by Crippen LogP contribution is -2.56. The Balaban J connectivity index is 1.37. The summed E-state index contributed by atoms with van der Waals surface area (Å²) < 4.78 is 0. The maximum atomic E-state index is 3.87. The van der Waals surface area contributed by atoms with Crippen molar-refractivity contribution in [3.05, 3.63) is 0 Å². The Morgan fingerprint density at radius 3 is 2.42 bits per heavy atom. The van der Waals surface area contributed by atoms with Gasteiger partial charge in [0.1, 0.15) is 0 Å². The van der Waals surface area contributed by atoms with E-state index in [1.54, 1.807) is 0 Å². The Bertz CT molecular complexity index is 267. The van der Waals surface area contributed by atoms with Crippen molar-refractivity contribution in [1.29, 1.82) is 0 Å². The fourth-order valence-corrected chi connectivity index (χ4v) is 4.20. The molecule has 0 aromatic carbocycles. The summed E-state index contributed by atoms with van der Waals surface area (Å²) in [5.41, 5.74) is 0. The second-order valence-corrected chi connectivity index (χ2v) is 7.12. The third kappa shape index (κ3) is 3.71. The molecule has 1 N–H and O–H groups in total. The monoisotopic (exact) mass is 265 g/mol. The summed E-state index contributed by atoms with van der Waals surface area (Å²) >= 11 is 0. The molecule has 4 fully saturated rings. The van der Waals surface area contributed by atoms with Gasteiger partial charge in [-0.3, -0.25) is 0 Å². The first-order valence-electron chi connectivity index (χ1n) is 8.49. The maximum Gasteiger partial charge on any atom is 0.0224 e.